The average Bonchev–Trinajstić information content (AvgIpc) is 3.23. The summed E-state index contributed by atoms with van der Waals surface area (Å²) >= 11 is 0. The first-order valence-corrected chi connectivity index (χ1v) is 9.58. The molecule has 0 aliphatic rings. The minimum Gasteiger partial charge on any atom is -0.496 e. The van der Waals surface area contributed by atoms with E-state index < -0.39 is 0 Å². The smallest absolute Gasteiger partial charge is 0.270 e. The van der Waals surface area contributed by atoms with Gasteiger partial charge in [-0.2, -0.15) is 5.10 Å². The van der Waals surface area contributed by atoms with Gasteiger partial charge in [0.1, 0.15) is 11.4 Å². The molecule has 7 heteroatoms. The fourth-order valence-electron chi connectivity index (χ4n) is 3.24. The van der Waals surface area contributed by atoms with Gasteiger partial charge >= 0.3 is 0 Å². The van der Waals surface area contributed by atoms with Gasteiger partial charge in [0.25, 0.3) is 5.91 Å². The number of amides is 1. The van der Waals surface area contributed by atoms with Crippen molar-refractivity contribution in [3.05, 3.63) is 72.4 Å². The van der Waals surface area contributed by atoms with Gasteiger partial charge in [-0.3, -0.25) is 4.79 Å². The van der Waals surface area contributed by atoms with Gasteiger partial charge in [0.15, 0.2) is 5.65 Å². The van der Waals surface area contributed by atoms with Gasteiger partial charge in [-0.25, -0.2) is 9.50 Å². The Labute approximate surface area is 174 Å². The lowest BCUT2D eigenvalue weighted by Gasteiger charge is -2.11. The number of rotatable bonds is 7. The van der Waals surface area contributed by atoms with Crippen molar-refractivity contribution in [2.24, 2.45) is 0 Å². The van der Waals surface area contributed by atoms with E-state index in [4.69, 9.17) is 14.5 Å². The summed E-state index contributed by atoms with van der Waals surface area (Å²) in [6.07, 6.45) is 0. The lowest BCUT2D eigenvalue weighted by atomic mass is 10.1. The SMILES string of the molecule is COCCNC(=O)c1cc(-c2ccccc2OC)nc2cc(-c3ccccc3)nn12. The molecule has 0 bridgehead atoms. The van der Waals surface area contributed by atoms with E-state index in [0.29, 0.717) is 35.9 Å². The monoisotopic (exact) mass is 402 g/mol. The van der Waals surface area contributed by atoms with E-state index >= 15 is 0 Å². The van der Waals surface area contributed by atoms with Crippen LogP contribution in [-0.2, 0) is 4.74 Å². The van der Waals surface area contributed by atoms with Gasteiger partial charge in [-0.1, -0.05) is 42.5 Å². The van der Waals surface area contributed by atoms with Crippen LogP contribution in [0, 0.1) is 0 Å². The molecule has 0 unspecified atom stereocenters. The number of ether oxygens (including phenoxy) is 2. The Morgan fingerprint density at radius 1 is 1.00 bits per heavy atom. The van der Waals surface area contributed by atoms with Crippen molar-refractivity contribution in [1.29, 1.82) is 0 Å². The zero-order valence-electron chi connectivity index (χ0n) is 16.8. The molecule has 4 rings (SSSR count). The van der Waals surface area contributed by atoms with Crippen molar-refractivity contribution in [2.75, 3.05) is 27.4 Å². The molecule has 0 atom stereocenters. The molecular weight excluding hydrogens is 380 g/mol. The maximum absolute atomic E-state index is 12.9. The number of carbonyl (C=O) groups excluding carboxylic acids is 1. The maximum atomic E-state index is 12.9. The van der Waals surface area contributed by atoms with Crippen LogP contribution in [0.25, 0.3) is 28.2 Å². The summed E-state index contributed by atoms with van der Waals surface area (Å²) in [5, 5.41) is 7.50. The summed E-state index contributed by atoms with van der Waals surface area (Å²) in [5.41, 5.74) is 4.10. The van der Waals surface area contributed by atoms with Crippen LogP contribution in [0.5, 0.6) is 5.75 Å². The number of para-hydroxylation sites is 1. The van der Waals surface area contributed by atoms with Gasteiger partial charge < -0.3 is 14.8 Å². The van der Waals surface area contributed by atoms with Gasteiger partial charge in [0.2, 0.25) is 0 Å². The second-order valence-electron chi connectivity index (χ2n) is 6.64. The molecule has 1 N–H and O–H groups in total. The quantitative estimate of drug-likeness (QED) is 0.479. The maximum Gasteiger partial charge on any atom is 0.270 e. The fraction of sp³-hybridized carbons (Fsp3) is 0.174. The zero-order chi connectivity index (χ0) is 20.9. The van der Waals surface area contributed by atoms with Crippen molar-refractivity contribution in [1.82, 2.24) is 19.9 Å². The molecule has 152 valence electrons. The van der Waals surface area contributed by atoms with E-state index in [2.05, 4.69) is 10.4 Å². The van der Waals surface area contributed by atoms with Crippen LogP contribution >= 0.6 is 0 Å². The summed E-state index contributed by atoms with van der Waals surface area (Å²) in [6.45, 7) is 0.823. The van der Waals surface area contributed by atoms with E-state index in [0.717, 1.165) is 16.8 Å². The molecule has 0 fully saturated rings. The first kappa shape index (κ1) is 19.6. The number of benzene rings is 2. The van der Waals surface area contributed by atoms with Crippen LogP contribution in [0.1, 0.15) is 10.5 Å². The van der Waals surface area contributed by atoms with Crippen molar-refractivity contribution >= 4 is 11.6 Å². The van der Waals surface area contributed by atoms with Gasteiger partial charge in [0.05, 0.1) is 25.1 Å². The highest BCUT2D eigenvalue weighted by Crippen LogP contribution is 2.30. The summed E-state index contributed by atoms with van der Waals surface area (Å²) < 4.78 is 12.1. The Morgan fingerprint density at radius 3 is 2.53 bits per heavy atom. The topological polar surface area (TPSA) is 77.8 Å². The third-order valence-corrected chi connectivity index (χ3v) is 4.70. The zero-order valence-corrected chi connectivity index (χ0v) is 16.8. The van der Waals surface area contributed by atoms with Crippen LogP contribution in [-0.4, -0.2) is 47.9 Å². The third-order valence-electron chi connectivity index (χ3n) is 4.70. The lowest BCUT2D eigenvalue weighted by Crippen LogP contribution is -2.29. The number of methoxy groups -OCH3 is 2. The largest absolute Gasteiger partial charge is 0.496 e. The van der Waals surface area contributed by atoms with E-state index in [1.807, 2.05) is 60.7 Å². The minimum atomic E-state index is -0.252. The van der Waals surface area contributed by atoms with Gasteiger partial charge in [-0.05, 0) is 18.2 Å². The number of hydrogen-bond donors (Lipinski definition) is 1. The normalized spacial score (nSPS) is 10.9. The van der Waals surface area contributed by atoms with E-state index in [1.54, 1.807) is 24.8 Å². The van der Waals surface area contributed by atoms with Crippen LogP contribution < -0.4 is 10.1 Å². The molecule has 0 aliphatic heterocycles. The molecule has 0 saturated carbocycles. The van der Waals surface area contributed by atoms with Crippen molar-refractivity contribution in [3.8, 4) is 28.3 Å². The first-order valence-electron chi connectivity index (χ1n) is 9.58. The highest BCUT2D eigenvalue weighted by atomic mass is 16.5. The highest BCUT2D eigenvalue weighted by molar-refractivity contribution is 5.94. The number of carbonyl (C=O) groups is 1. The summed E-state index contributed by atoms with van der Waals surface area (Å²) in [4.78, 5) is 17.7. The summed E-state index contributed by atoms with van der Waals surface area (Å²) in [7, 11) is 3.21. The Kier molecular flexibility index (Phi) is 5.72. The van der Waals surface area contributed by atoms with Crippen LogP contribution in [0.4, 0.5) is 0 Å². The molecule has 4 aromatic rings. The molecule has 2 aromatic carbocycles. The van der Waals surface area contributed by atoms with E-state index in [9.17, 15) is 4.79 Å². The van der Waals surface area contributed by atoms with Crippen LogP contribution in [0.15, 0.2) is 66.7 Å². The fourth-order valence-corrected chi connectivity index (χ4v) is 3.24. The molecule has 0 saturated heterocycles. The third kappa shape index (κ3) is 3.88. The summed E-state index contributed by atoms with van der Waals surface area (Å²) in [6, 6.07) is 21.0. The number of nitrogens with zero attached hydrogens (tertiary/aromatic N) is 3. The average molecular weight is 402 g/mol. The number of fused-ring (bicyclic) bond motifs is 1. The second-order valence-corrected chi connectivity index (χ2v) is 6.64. The minimum absolute atomic E-state index is 0.252. The Bertz CT molecular complexity index is 1170. The predicted molar refractivity (Wildman–Crippen MR) is 115 cm³/mol. The van der Waals surface area contributed by atoms with Crippen LogP contribution in [0.2, 0.25) is 0 Å². The van der Waals surface area contributed by atoms with Gasteiger partial charge in [-0.15, -0.1) is 0 Å². The number of hydrogen-bond acceptors (Lipinski definition) is 5. The standard InChI is InChI=1S/C23H22N4O3/c1-29-13-12-24-23(28)20-14-19(17-10-6-7-11-21(17)30-2)25-22-15-18(26-27(20)22)16-8-4-3-5-9-16/h3-11,14-15H,12-13H2,1-2H3,(H,24,28). The molecule has 7 nitrogen and oxygen atoms in total. The van der Waals surface area contributed by atoms with E-state index in [-0.39, 0.29) is 5.91 Å². The van der Waals surface area contributed by atoms with Gasteiger partial charge in [0, 0.05) is 30.8 Å². The first-order chi connectivity index (χ1) is 14.7. The molecule has 0 spiro atoms. The van der Waals surface area contributed by atoms with Crippen molar-refractivity contribution in [2.45, 2.75) is 0 Å². The second kappa shape index (κ2) is 8.75. The molecule has 0 aliphatic carbocycles. The summed E-state index contributed by atoms with van der Waals surface area (Å²) in [5.74, 6) is 0.432. The molecular formula is C23H22N4O3. The molecule has 0 radical (unpaired) electrons. The highest BCUT2D eigenvalue weighted by Gasteiger charge is 2.18. The van der Waals surface area contributed by atoms with Crippen molar-refractivity contribution < 1.29 is 14.3 Å². The van der Waals surface area contributed by atoms with Crippen LogP contribution in [0.3, 0.4) is 0 Å². The lowest BCUT2D eigenvalue weighted by molar-refractivity contribution is 0.0929. The molecule has 1 amide bonds. The molecule has 2 heterocycles. The number of nitrogens with one attached hydrogen (secondary N) is 1. The molecule has 30 heavy (non-hydrogen) atoms. The Balaban J connectivity index is 1.86. The Morgan fingerprint density at radius 2 is 1.77 bits per heavy atom. The molecule has 2 aromatic heterocycles. The van der Waals surface area contributed by atoms with E-state index in [1.165, 1.54) is 0 Å². The predicted octanol–water partition coefficient (Wildman–Crippen LogP) is 3.45. The number of aromatic nitrogens is 3. The Hall–Kier alpha value is -3.71. The van der Waals surface area contributed by atoms with Crippen molar-refractivity contribution in [3.63, 3.8) is 0 Å².